The maximum absolute atomic E-state index is 9.00. The number of para-hydroxylation sites is 1. The lowest BCUT2D eigenvalue weighted by Crippen LogP contribution is -2.33. The first-order chi connectivity index (χ1) is 9.18. The third kappa shape index (κ3) is 1.63. The standard InChI is InChI=1S/C16H13N3/c1-16-7-6-11(12(9-17)10-18)8-14(16)13-4-2-3-5-15(13)19-16/h2-5,8,19H,6-7H2,1H3. The number of hydrogen-bond acceptors (Lipinski definition) is 3. The van der Waals surface area contributed by atoms with Crippen LogP contribution in [0.2, 0.25) is 0 Å². The van der Waals surface area contributed by atoms with Gasteiger partial charge in [-0.15, -0.1) is 0 Å². The lowest BCUT2D eigenvalue weighted by molar-refractivity contribution is 0.593. The highest BCUT2D eigenvalue weighted by atomic mass is 15.0. The van der Waals surface area contributed by atoms with Crippen molar-refractivity contribution in [3.63, 3.8) is 0 Å². The molecule has 1 N–H and O–H groups in total. The van der Waals surface area contributed by atoms with Crippen molar-refractivity contribution in [1.29, 1.82) is 10.5 Å². The predicted molar refractivity (Wildman–Crippen MR) is 73.9 cm³/mol. The molecule has 0 saturated heterocycles. The summed E-state index contributed by atoms with van der Waals surface area (Å²) in [7, 11) is 0. The van der Waals surface area contributed by atoms with Crippen LogP contribution in [-0.4, -0.2) is 5.54 Å². The molecule has 92 valence electrons. The zero-order valence-corrected chi connectivity index (χ0v) is 10.7. The summed E-state index contributed by atoms with van der Waals surface area (Å²) in [4.78, 5) is 0. The number of nitrogens with one attached hydrogen (secondary N) is 1. The fourth-order valence-electron chi connectivity index (χ4n) is 2.92. The lowest BCUT2D eigenvalue weighted by Gasteiger charge is -2.31. The van der Waals surface area contributed by atoms with E-state index in [1.807, 2.05) is 30.3 Å². The van der Waals surface area contributed by atoms with E-state index in [1.54, 1.807) is 0 Å². The molecule has 0 fully saturated rings. The van der Waals surface area contributed by atoms with Gasteiger partial charge in [-0.2, -0.15) is 10.5 Å². The second-order valence-electron chi connectivity index (χ2n) is 5.18. The Kier molecular flexibility index (Phi) is 2.44. The maximum atomic E-state index is 9.00. The van der Waals surface area contributed by atoms with Gasteiger partial charge in [-0.1, -0.05) is 24.3 Å². The first-order valence-electron chi connectivity index (χ1n) is 6.31. The van der Waals surface area contributed by atoms with E-state index in [0.29, 0.717) is 0 Å². The summed E-state index contributed by atoms with van der Waals surface area (Å²) in [5.74, 6) is 0. The van der Waals surface area contributed by atoms with Crippen LogP contribution >= 0.6 is 0 Å². The molecule has 0 saturated carbocycles. The van der Waals surface area contributed by atoms with E-state index in [2.05, 4.69) is 24.4 Å². The SMILES string of the molecule is CC12CCC(=C(C#N)C#N)C=C1c1ccccc1N2. The van der Waals surface area contributed by atoms with Gasteiger partial charge in [0.15, 0.2) is 0 Å². The smallest absolute Gasteiger partial charge is 0.132 e. The van der Waals surface area contributed by atoms with E-state index in [-0.39, 0.29) is 11.1 Å². The zero-order valence-electron chi connectivity index (χ0n) is 10.7. The summed E-state index contributed by atoms with van der Waals surface area (Å²) in [5, 5.41) is 21.6. The molecule has 1 aromatic rings. The highest BCUT2D eigenvalue weighted by Gasteiger charge is 2.39. The average molecular weight is 247 g/mol. The Hall–Kier alpha value is -2.52. The van der Waals surface area contributed by atoms with Gasteiger partial charge in [0.1, 0.15) is 17.7 Å². The van der Waals surface area contributed by atoms with Crippen LogP contribution in [0, 0.1) is 22.7 Å². The second-order valence-corrected chi connectivity index (χ2v) is 5.18. The molecule has 3 rings (SSSR count). The molecule has 1 aliphatic carbocycles. The van der Waals surface area contributed by atoms with E-state index in [9.17, 15) is 0 Å². The number of anilines is 1. The van der Waals surface area contributed by atoms with Crippen molar-refractivity contribution in [1.82, 2.24) is 0 Å². The van der Waals surface area contributed by atoms with E-state index in [0.717, 1.165) is 24.1 Å². The van der Waals surface area contributed by atoms with Crippen molar-refractivity contribution in [2.75, 3.05) is 5.32 Å². The molecule has 3 nitrogen and oxygen atoms in total. The average Bonchev–Trinajstić information content (AvgIpc) is 2.72. The molecule has 1 unspecified atom stereocenters. The van der Waals surface area contributed by atoms with Crippen molar-refractivity contribution < 1.29 is 0 Å². The highest BCUT2D eigenvalue weighted by Crippen LogP contribution is 2.48. The van der Waals surface area contributed by atoms with Crippen molar-refractivity contribution in [3.8, 4) is 12.1 Å². The second kappa shape index (κ2) is 4.00. The number of rotatable bonds is 0. The summed E-state index contributed by atoms with van der Waals surface area (Å²) < 4.78 is 0. The van der Waals surface area contributed by atoms with Crippen LogP contribution < -0.4 is 5.32 Å². The third-order valence-electron chi connectivity index (χ3n) is 3.98. The minimum absolute atomic E-state index is 0.0802. The Labute approximate surface area is 112 Å². The van der Waals surface area contributed by atoms with Crippen LogP contribution in [-0.2, 0) is 0 Å². The Bertz CT molecular complexity index is 681. The molecule has 1 heterocycles. The van der Waals surface area contributed by atoms with Gasteiger partial charge >= 0.3 is 0 Å². The number of fused-ring (bicyclic) bond motifs is 3. The van der Waals surface area contributed by atoms with Gasteiger partial charge < -0.3 is 5.32 Å². The largest absolute Gasteiger partial charge is 0.375 e. The van der Waals surface area contributed by atoms with Gasteiger partial charge in [0.05, 0.1) is 5.54 Å². The van der Waals surface area contributed by atoms with Gasteiger partial charge in [-0.05, 0) is 37.0 Å². The summed E-state index contributed by atoms with van der Waals surface area (Å²) in [6.07, 6.45) is 3.68. The predicted octanol–water partition coefficient (Wildman–Crippen LogP) is 3.39. The van der Waals surface area contributed by atoms with Gasteiger partial charge in [0, 0.05) is 11.3 Å². The first kappa shape index (κ1) is 11.6. The molecule has 0 radical (unpaired) electrons. The summed E-state index contributed by atoms with van der Waals surface area (Å²) in [5.41, 5.74) is 4.51. The number of hydrogen-bond donors (Lipinski definition) is 1. The molecule has 1 aromatic carbocycles. The molecular weight excluding hydrogens is 234 g/mol. The monoisotopic (exact) mass is 247 g/mol. The van der Waals surface area contributed by atoms with Crippen molar-refractivity contribution in [3.05, 3.63) is 47.1 Å². The minimum Gasteiger partial charge on any atom is -0.375 e. The molecule has 0 amide bonds. The minimum atomic E-state index is -0.0802. The summed E-state index contributed by atoms with van der Waals surface area (Å²) >= 11 is 0. The molecule has 3 heteroatoms. The molecular formula is C16H13N3. The fraction of sp³-hybridized carbons (Fsp3) is 0.250. The number of nitriles is 2. The molecule has 0 aromatic heterocycles. The highest BCUT2D eigenvalue weighted by molar-refractivity contribution is 5.91. The maximum Gasteiger partial charge on any atom is 0.132 e. The van der Waals surface area contributed by atoms with Crippen molar-refractivity contribution >= 4 is 11.3 Å². The molecule has 0 spiro atoms. The van der Waals surface area contributed by atoms with Crippen LogP contribution in [0.4, 0.5) is 5.69 Å². The molecule has 0 bridgehead atoms. The summed E-state index contributed by atoms with van der Waals surface area (Å²) in [6.45, 7) is 2.17. The Balaban J connectivity index is 2.19. The molecule has 1 aliphatic heterocycles. The molecule has 19 heavy (non-hydrogen) atoms. The fourth-order valence-corrected chi connectivity index (χ4v) is 2.92. The van der Waals surface area contributed by atoms with Crippen molar-refractivity contribution in [2.45, 2.75) is 25.3 Å². The zero-order chi connectivity index (χ0) is 13.5. The molecule has 1 atom stereocenters. The van der Waals surface area contributed by atoms with Crippen LogP contribution in [0.1, 0.15) is 25.3 Å². The van der Waals surface area contributed by atoms with Crippen LogP contribution in [0.25, 0.3) is 5.57 Å². The van der Waals surface area contributed by atoms with Gasteiger partial charge in [-0.25, -0.2) is 0 Å². The molecule has 2 aliphatic rings. The van der Waals surface area contributed by atoms with Crippen LogP contribution in [0.15, 0.2) is 41.5 Å². The van der Waals surface area contributed by atoms with E-state index in [4.69, 9.17) is 10.5 Å². The topological polar surface area (TPSA) is 59.6 Å². The van der Waals surface area contributed by atoms with Gasteiger partial charge in [0.2, 0.25) is 0 Å². The number of nitrogens with zero attached hydrogens (tertiary/aromatic N) is 2. The summed E-state index contributed by atoms with van der Waals surface area (Å²) in [6, 6.07) is 12.2. The normalized spacial score (nSPS) is 23.3. The van der Waals surface area contributed by atoms with E-state index < -0.39 is 0 Å². The lowest BCUT2D eigenvalue weighted by atomic mass is 9.78. The quantitative estimate of drug-likeness (QED) is 0.715. The van der Waals surface area contributed by atoms with Crippen LogP contribution in [0.3, 0.4) is 0 Å². The van der Waals surface area contributed by atoms with E-state index >= 15 is 0 Å². The van der Waals surface area contributed by atoms with Crippen molar-refractivity contribution in [2.24, 2.45) is 0 Å². The Morgan fingerprint density at radius 2 is 2.00 bits per heavy atom. The Morgan fingerprint density at radius 3 is 2.74 bits per heavy atom. The van der Waals surface area contributed by atoms with Gasteiger partial charge in [-0.3, -0.25) is 0 Å². The van der Waals surface area contributed by atoms with Gasteiger partial charge in [0.25, 0.3) is 0 Å². The number of allylic oxidation sites excluding steroid dienone is 3. The van der Waals surface area contributed by atoms with Crippen LogP contribution in [0.5, 0.6) is 0 Å². The Morgan fingerprint density at radius 1 is 1.26 bits per heavy atom. The third-order valence-corrected chi connectivity index (χ3v) is 3.98. The van der Waals surface area contributed by atoms with E-state index in [1.165, 1.54) is 11.1 Å². The number of benzene rings is 1. The first-order valence-corrected chi connectivity index (χ1v) is 6.31.